The van der Waals surface area contributed by atoms with Gasteiger partial charge in [-0.2, -0.15) is 0 Å². The molecule has 1 aliphatic rings. The molecular formula is C18H23N3S. The Balaban J connectivity index is 1.86. The maximum absolute atomic E-state index is 3.53. The molecule has 116 valence electrons. The van der Waals surface area contributed by atoms with Gasteiger partial charge in [0.2, 0.25) is 0 Å². The fourth-order valence-corrected chi connectivity index (χ4v) is 3.60. The minimum Gasteiger partial charge on any atom is -0.383 e. The summed E-state index contributed by atoms with van der Waals surface area (Å²) in [6.07, 6.45) is 0. The highest BCUT2D eigenvalue weighted by Gasteiger charge is 2.16. The number of nitrogens with one attached hydrogen (secondary N) is 3. The van der Waals surface area contributed by atoms with Gasteiger partial charge in [0, 0.05) is 33.2 Å². The van der Waals surface area contributed by atoms with Crippen LogP contribution in [0.1, 0.15) is 27.7 Å². The first-order valence-electron chi connectivity index (χ1n) is 7.77. The zero-order chi connectivity index (χ0) is 15.7. The van der Waals surface area contributed by atoms with Gasteiger partial charge in [-0.15, -0.1) is 0 Å². The molecule has 0 unspecified atom stereocenters. The summed E-state index contributed by atoms with van der Waals surface area (Å²) in [5.74, 6) is 0. The average molecular weight is 313 g/mol. The first kappa shape index (κ1) is 15.1. The molecular weight excluding hydrogens is 290 g/mol. The maximum Gasteiger partial charge on any atom is 0.0527 e. The number of hydrogen-bond acceptors (Lipinski definition) is 4. The molecule has 0 saturated heterocycles. The molecule has 4 heteroatoms. The number of rotatable bonds is 4. The minimum absolute atomic E-state index is 0.439. The normalized spacial score (nSPS) is 12.6. The van der Waals surface area contributed by atoms with Crippen molar-refractivity contribution < 1.29 is 0 Å². The Hall–Kier alpha value is -1.81. The second-order valence-electron chi connectivity index (χ2n) is 6.25. The van der Waals surface area contributed by atoms with Crippen LogP contribution in [0.3, 0.4) is 0 Å². The molecule has 0 atom stereocenters. The largest absolute Gasteiger partial charge is 0.383 e. The topological polar surface area (TPSA) is 36.1 Å². The Morgan fingerprint density at radius 3 is 1.64 bits per heavy atom. The van der Waals surface area contributed by atoms with E-state index in [4.69, 9.17) is 0 Å². The van der Waals surface area contributed by atoms with Crippen molar-refractivity contribution in [1.29, 1.82) is 0 Å². The molecule has 0 aliphatic carbocycles. The molecule has 3 rings (SSSR count). The summed E-state index contributed by atoms with van der Waals surface area (Å²) < 4.78 is 0. The van der Waals surface area contributed by atoms with Crippen molar-refractivity contribution in [3.63, 3.8) is 0 Å². The molecule has 2 aromatic carbocycles. The Bertz CT molecular complexity index is 623. The molecule has 1 aliphatic heterocycles. The van der Waals surface area contributed by atoms with Gasteiger partial charge in [-0.05, 0) is 64.1 Å². The van der Waals surface area contributed by atoms with Crippen molar-refractivity contribution in [1.82, 2.24) is 0 Å². The highest BCUT2D eigenvalue weighted by molar-refractivity contribution is 7.99. The monoisotopic (exact) mass is 313 g/mol. The molecule has 0 bridgehead atoms. The lowest BCUT2D eigenvalue weighted by molar-refractivity contribution is 0.898. The van der Waals surface area contributed by atoms with Gasteiger partial charge < -0.3 is 16.0 Å². The number of fused-ring (bicyclic) bond motifs is 2. The molecule has 0 spiro atoms. The third-order valence-electron chi connectivity index (χ3n) is 3.36. The molecule has 3 nitrogen and oxygen atoms in total. The lowest BCUT2D eigenvalue weighted by atomic mass is 10.2. The van der Waals surface area contributed by atoms with E-state index in [0.717, 1.165) is 0 Å². The van der Waals surface area contributed by atoms with Crippen LogP contribution in [0.2, 0.25) is 0 Å². The summed E-state index contributed by atoms with van der Waals surface area (Å²) in [4.78, 5) is 2.53. The number of benzene rings is 2. The predicted octanol–water partition coefficient (Wildman–Crippen LogP) is 5.54. The SMILES string of the molecule is CC(C)Nc1ccc2c(c1)Sc1cc(NC(C)C)ccc1N2. The summed E-state index contributed by atoms with van der Waals surface area (Å²) in [6.45, 7) is 8.63. The van der Waals surface area contributed by atoms with Gasteiger partial charge in [-0.1, -0.05) is 11.8 Å². The average Bonchev–Trinajstić information content (AvgIpc) is 2.43. The van der Waals surface area contributed by atoms with Gasteiger partial charge in [0.05, 0.1) is 11.4 Å². The van der Waals surface area contributed by atoms with Crippen LogP contribution in [0.4, 0.5) is 22.7 Å². The Morgan fingerprint density at radius 2 is 1.23 bits per heavy atom. The van der Waals surface area contributed by atoms with Crippen molar-refractivity contribution in [2.24, 2.45) is 0 Å². The second-order valence-corrected chi connectivity index (χ2v) is 7.33. The van der Waals surface area contributed by atoms with Crippen molar-refractivity contribution in [2.45, 2.75) is 49.6 Å². The molecule has 2 aromatic rings. The van der Waals surface area contributed by atoms with Crippen LogP contribution in [-0.2, 0) is 0 Å². The van der Waals surface area contributed by atoms with Gasteiger partial charge >= 0.3 is 0 Å². The first-order chi connectivity index (χ1) is 10.5. The summed E-state index contributed by atoms with van der Waals surface area (Å²) in [7, 11) is 0. The van der Waals surface area contributed by atoms with Gasteiger partial charge in [0.15, 0.2) is 0 Å². The standard InChI is InChI=1S/C18H23N3S/c1-11(2)19-13-5-7-15-17(9-13)22-18-10-14(20-12(3)4)6-8-16(18)21-15/h5-12,19-21H,1-4H3. The zero-order valence-corrected chi connectivity index (χ0v) is 14.3. The van der Waals surface area contributed by atoms with E-state index in [1.807, 2.05) is 11.8 Å². The van der Waals surface area contributed by atoms with Crippen molar-refractivity contribution in [2.75, 3.05) is 16.0 Å². The van der Waals surface area contributed by atoms with Crippen LogP contribution in [0.25, 0.3) is 0 Å². The van der Waals surface area contributed by atoms with E-state index in [0.29, 0.717) is 12.1 Å². The van der Waals surface area contributed by atoms with Crippen LogP contribution < -0.4 is 16.0 Å². The van der Waals surface area contributed by atoms with Crippen molar-refractivity contribution >= 4 is 34.5 Å². The lowest BCUT2D eigenvalue weighted by Gasteiger charge is -2.23. The van der Waals surface area contributed by atoms with Crippen molar-refractivity contribution in [3.05, 3.63) is 36.4 Å². The first-order valence-corrected chi connectivity index (χ1v) is 8.59. The van der Waals surface area contributed by atoms with Crippen molar-refractivity contribution in [3.8, 4) is 0 Å². The van der Waals surface area contributed by atoms with Gasteiger partial charge in [0.1, 0.15) is 0 Å². The Labute approximate surface area is 136 Å². The molecule has 0 aromatic heterocycles. The summed E-state index contributed by atoms with van der Waals surface area (Å²) in [5, 5.41) is 10.5. The van der Waals surface area contributed by atoms with Crippen LogP contribution in [0.15, 0.2) is 46.2 Å². The second kappa shape index (κ2) is 6.13. The third-order valence-corrected chi connectivity index (χ3v) is 4.48. The third kappa shape index (κ3) is 3.33. The molecule has 1 heterocycles. The van der Waals surface area contributed by atoms with E-state index in [1.165, 1.54) is 32.5 Å². The van der Waals surface area contributed by atoms with E-state index < -0.39 is 0 Å². The summed E-state index contributed by atoms with van der Waals surface area (Å²) >= 11 is 1.82. The molecule has 22 heavy (non-hydrogen) atoms. The fourth-order valence-electron chi connectivity index (χ4n) is 2.53. The predicted molar refractivity (Wildman–Crippen MR) is 97.8 cm³/mol. The van der Waals surface area contributed by atoms with Crippen LogP contribution in [-0.4, -0.2) is 12.1 Å². The van der Waals surface area contributed by atoms with Gasteiger partial charge in [-0.25, -0.2) is 0 Å². The molecule has 0 radical (unpaired) electrons. The van der Waals surface area contributed by atoms with Crippen LogP contribution in [0, 0.1) is 0 Å². The maximum atomic E-state index is 3.53. The molecule has 0 amide bonds. The van der Waals surface area contributed by atoms with E-state index >= 15 is 0 Å². The minimum atomic E-state index is 0.439. The molecule has 3 N–H and O–H groups in total. The van der Waals surface area contributed by atoms with E-state index in [2.05, 4.69) is 80.0 Å². The molecule has 0 saturated carbocycles. The molecule has 0 fully saturated rings. The van der Waals surface area contributed by atoms with E-state index in [1.54, 1.807) is 0 Å². The Morgan fingerprint density at radius 1 is 0.773 bits per heavy atom. The lowest BCUT2D eigenvalue weighted by Crippen LogP contribution is -2.11. The van der Waals surface area contributed by atoms with Gasteiger partial charge in [0.25, 0.3) is 0 Å². The smallest absolute Gasteiger partial charge is 0.0527 e. The number of hydrogen-bond donors (Lipinski definition) is 3. The van der Waals surface area contributed by atoms with Gasteiger partial charge in [-0.3, -0.25) is 0 Å². The van der Waals surface area contributed by atoms with E-state index in [-0.39, 0.29) is 0 Å². The van der Waals surface area contributed by atoms with Crippen LogP contribution in [0.5, 0.6) is 0 Å². The highest BCUT2D eigenvalue weighted by atomic mass is 32.2. The Kier molecular flexibility index (Phi) is 4.21. The fraction of sp³-hybridized carbons (Fsp3) is 0.333. The highest BCUT2D eigenvalue weighted by Crippen LogP contribution is 2.45. The van der Waals surface area contributed by atoms with Crippen LogP contribution >= 0.6 is 11.8 Å². The van der Waals surface area contributed by atoms with E-state index in [9.17, 15) is 0 Å². The zero-order valence-electron chi connectivity index (χ0n) is 13.5. The number of anilines is 4. The summed E-state index contributed by atoms with van der Waals surface area (Å²) in [5.41, 5.74) is 4.69. The summed E-state index contributed by atoms with van der Waals surface area (Å²) in [6, 6.07) is 13.9. The quantitative estimate of drug-likeness (QED) is 0.591.